The van der Waals surface area contributed by atoms with Crippen LogP contribution in [0, 0.1) is 17.1 Å². The topological polar surface area (TPSA) is 118 Å². The van der Waals surface area contributed by atoms with Crippen LogP contribution in [0.25, 0.3) is 0 Å². The second-order valence-corrected chi connectivity index (χ2v) is 6.45. The van der Waals surface area contributed by atoms with Gasteiger partial charge in [-0.25, -0.2) is 4.39 Å². The highest BCUT2D eigenvalue weighted by atomic mass is 19.1. The molecule has 0 saturated heterocycles. The van der Waals surface area contributed by atoms with Crippen molar-refractivity contribution < 1.29 is 18.3 Å². The number of amides is 1. The van der Waals surface area contributed by atoms with Crippen molar-refractivity contribution in [2.24, 2.45) is 0 Å². The molecule has 0 saturated carbocycles. The molecule has 1 aromatic heterocycles. The molecule has 8 nitrogen and oxygen atoms in total. The summed E-state index contributed by atoms with van der Waals surface area (Å²) in [7, 11) is 0. The molecule has 0 fully saturated rings. The molecule has 0 bridgehead atoms. The summed E-state index contributed by atoms with van der Waals surface area (Å²) in [5.74, 6) is -0.265. The van der Waals surface area contributed by atoms with Gasteiger partial charge in [0.2, 0.25) is 5.89 Å². The van der Waals surface area contributed by atoms with Gasteiger partial charge in [0.1, 0.15) is 11.6 Å². The lowest BCUT2D eigenvalue weighted by Gasteiger charge is -2.22. The third-order valence-electron chi connectivity index (χ3n) is 4.41. The van der Waals surface area contributed by atoms with E-state index >= 15 is 0 Å². The van der Waals surface area contributed by atoms with Gasteiger partial charge in [0.15, 0.2) is 6.61 Å². The number of carbonyl (C=O) groups excluding carboxylic acids is 1. The Bertz CT molecular complexity index is 1080. The molecule has 3 aromatic rings. The smallest absolute Gasteiger partial charge is 0.312 e. The van der Waals surface area contributed by atoms with E-state index < -0.39 is 11.7 Å². The first-order valence-electron chi connectivity index (χ1n) is 9.25. The quantitative estimate of drug-likeness (QED) is 0.608. The van der Waals surface area contributed by atoms with Crippen molar-refractivity contribution in [3.63, 3.8) is 0 Å². The number of aromatic nitrogens is 2. The monoisotopic (exact) mass is 409 g/mol. The summed E-state index contributed by atoms with van der Waals surface area (Å²) >= 11 is 0. The highest BCUT2D eigenvalue weighted by Crippen LogP contribution is 2.19. The van der Waals surface area contributed by atoms with E-state index in [0.29, 0.717) is 5.75 Å². The van der Waals surface area contributed by atoms with Crippen molar-refractivity contribution in [1.29, 1.82) is 5.26 Å². The molecule has 0 radical (unpaired) electrons. The van der Waals surface area contributed by atoms with Crippen LogP contribution in [-0.2, 0) is 24.3 Å². The van der Waals surface area contributed by atoms with E-state index in [-0.39, 0.29) is 42.7 Å². The van der Waals surface area contributed by atoms with Gasteiger partial charge in [-0.15, -0.1) is 5.10 Å². The number of ether oxygens (including phenoxy) is 1. The minimum absolute atomic E-state index is 0.0682. The number of hydrogen-bond acceptors (Lipinski definition) is 7. The number of rotatable bonds is 8. The first-order valence-corrected chi connectivity index (χ1v) is 9.25. The van der Waals surface area contributed by atoms with Crippen LogP contribution in [-0.4, -0.2) is 27.6 Å². The maximum Gasteiger partial charge on any atom is 0.312 e. The number of hydrogen-bond donors (Lipinski definition) is 1. The number of anilines is 1. The Morgan fingerprint density at radius 1 is 1.23 bits per heavy atom. The van der Waals surface area contributed by atoms with E-state index in [1.54, 1.807) is 6.07 Å². The van der Waals surface area contributed by atoms with Crippen LogP contribution in [0.3, 0.4) is 0 Å². The molecule has 2 aromatic carbocycles. The van der Waals surface area contributed by atoms with Gasteiger partial charge in [-0.1, -0.05) is 36.3 Å². The zero-order chi connectivity index (χ0) is 21.5. The largest absolute Gasteiger partial charge is 0.483 e. The van der Waals surface area contributed by atoms with Crippen molar-refractivity contribution in [2.45, 2.75) is 26.4 Å². The molecule has 0 aliphatic rings. The fourth-order valence-electron chi connectivity index (χ4n) is 2.84. The van der Waals surface area contributed by atoms with Crippen LogP contribution in [0.4, 0.5) is 10.4 Å². The Hall–Kier alpha value is -3.93. The number of nitrogens with zero attached hydrogens (tertiary/aromatic N) is 4. The maximum atomic E-state index is 14.4. The molecular weight excluding hydrogens is 389 g/mol. The predicted molar refractivity (Wildman–Crippen MR) is 105 cm³/mol. The van der Waals surface area contributed by atoms with Crippen LogP contribution < -0.4 is 10.5 Å². The Morgan fingerprint density at radius 3 is 2.70 bits per heavy atom. The summed E-state index contributed by atoms with van der Waals surface area (Å²) < 4.78 is 25.2. The number of benzene rings is 2. The number of aryl methyl sites for hydroxylation is 1. The Balaban J connectivity index is 1.78. The lowest BCUT2D eigenvalue weighted by atomic mass is 10.1. The number of nitrogen functional groups attached to an aromatic ring is 1. The first kappa shape index (κ1) is 20.8. The zero-order valence-corrected chi connectivity index (χ0v) is 16.3. The lowest BCUT2D eigenvalue weighted by Crippen LogP contribution is -2.34. The number of para-hydroxylation sites is 1. The summed E-state index contributed by atoms with van der Waals surface area (Å²) in [6.45, 7) is 1.60. The molecule has 0 aliphatic carbocycles. The van der Waals surface area contributed by atoms with Crippen LogP contribution >= 0.6 is 0 Å². The summed E-state index contributed by atoms with van der Waals surface area (Å²) in [6.07, 6.45) is 0.756. The number of carbonyl (C=O) groups is 1. The normalized spacial score (nSPS) is 10.4. The van der Waals surface area contributed by atoms with Gasteiger partial charge in [-0.2, -0.15) is 5.26 Å². The van der Waals surface area contributed by atoms with Crippen molar-refractivity contribution in [3.05, 3.63) is 70.9 Å². The van der Waals surface area contributed by atoms with Crippen molar-refractivity contribution in [3.8, 4) is 11.8 Å². The average Bonchev–Trinajstić information content (AvgIpc) is 3.17. The highest BCUT2D eigenvalue weighted by Gasteiger charge is 2.20. The number of nitrogens with two attached hydrogens (primary N) is 1. The molecule has 0 atom stereocenters. The second kappa shape index (κ2) is 9.52. The summed E-state index contributed by atoms with van der Waals surface area (Å²) in [5.41, 5.74) is 6.85. The fraction of sp³-hybridized carbons (Fsp3) is 0.238. The van der Waals surface area contributed by atoms with Gasteiger partial charge in [0.05, 0.1) is 18.2 Å². The van der Waals surface area contributed by atoms with Crippen molar-refractivity contribution >= 4 is 11.9 Å². The van der Waals surface area contributed by atoms with E-state index in [2.05, 4.69) is 10.2 Å². The lowest BCUT2D eigenvalue weighted by molar-refractivity contribution is -0.135. The number of nitriles is 1. The molecule has 30 heavy (non-hydrogen) atoms. The molecular formula is C21H20FN5O3. The minimum Gasteiger partial charge on any atom is -0.483 e. The van der Waals surface area contributed by atoms with Crippen LogP contribution in [0.2, 0.25) is 0 Å². The molecule has 1 amide bonds. The van der Waals surface area contributed by atoms with Crippen molar-refractivity contribution in [2.75, 3.05) is 12.3 Å². The maximum absolute atomic E-state index is 14.4. The van der Waals surface area contributed by atoms with Crippen LogP contribution in [0.1, 0.15) is 29.5 Å². The van der Waals surface area contributed by atoms with Gasteiger partial charge in [0.25, 0.3) is 5.91 Å². The SMILES string of the molecule is CCc1ccccc1OCC(=O)N(Cc1nnc(N)o1)Cc1ccc(C#N)cc1F. The Morgan fingerprint density at radius 2 is 2.03 bits per heavy atom. The summed E-state index contributed by atoms with van der Waals surface area (Å²) in [6, 6.07) is 13.2. The standard InChI is InChI=1S/C21H20FN5O3/c1-2-15-5-3-4-6-18(15)29-13-20(28)27(12-19-25-26-21(24)30-19)11-16-8-7-14(10-23)9-17(16)22/h3-9H,2,11-13H2,1H3,(H2,24,26). The zero-order valence-electron chi connectivity index (χ0n) is 16.3. The van der Waals surface area contributed by atoms with E-state index in [1.807, 2.05) is 31.2 Å². The average molecular weight is 409 g/mol. The predicted octanol–water partition coefficient (Wildman–Crippen LogP) is 2.83. The Labute approximate surface area is 172 Å². The molecule has 154 valence electrons. The van der Waals surface area contributed by atoms with Crippen molar-refractivity contribution in [1.82, 2.24) is 15.1 Å². The fourth-order valence-corrected chi connectivity index (χ4v) is 2.84. The molecule has 1 heterocycles. The highest BCUT2D eigenvalue weighted by molar-refractivity contribution is 5.77. The van der Waals surface area contributed by atoms with E-state index in [4.69, 9.17) is 20.1 Å². The van der Waals surface area contributed by atoms with Gasteiger partial charge in [0, 0.05) is 12.1 Å². The molecule has 2 N–H and O–H groups in total. The van der Waals surface area contributed by atoms with Crippen LogP contribution in [0.5, 0.6) is 5.75 Å². The first-order chi connectivity index (χ1) is 14.5. The Kier molecular flexibility index (Phi) is 6.60. The van der Waals surface area contributed by atoms with Gasteiger partial charge < -0.3 is 19.8 Å². The van der Waals surface area contributed by atoms with Gasteiger partial charge >= 0.3 is 6.01 Å². The van der Waals surface area contributed by atoms with Gasteiger partial charge in [-0.3, -0.25) is 4.79 Å². The van der Waals surface area contributed by atoms with E-state index in [0.717, 1.165) is 18.1 Å². The van der Waals surface area contributed by atoms with E-state index in [9.17, 15) is 9.18 Å². The third kappa shape index (κ3) is 5.11. The minimum atomic E-state index is -0.589. The molecule has 0 unspecified atom stereocenters. The van der Waals surface area contributed by atoms with Gasteiger partial charge in [-0.05, 0) is 30.2 Å². The molecule has 9 heteroatoms. The molecule has 0 spiro atoms. The summed E-state index contributed by atoms with van der Waals surface area (Å²) in [5, 5.41) is 16.2. The van der Waals surface area contributed by atoms with Crippen LogP contribution in [0.15, 0.2) is 46.9 Å². The summed E-state index contributed by atoms with van der Waals surface area (Å²) in [4.78, 5) is 14.2. The molecule has 0 aliphatic heterocycles. The van der Waals surface area contributed by atoms with E-state index in [1.165, 1.54) is 17.0 Å². The second-order valence-electron chi connectivity index (χ2n) is 6.45. The third-order valence-corrected chi connectivity index (χ3v) is 4.41. The molecule has 3 rings (SSSR count). The number of halogens is 1.